The molecule has 0 N–H and O–H groups in total. The summed E-state index contributed by atoms with van der Waals surface area (Å²) in [6, 6.07) is 18.9. The van der Waals surface area contributed by atoms with Crippen molar-refractivity contribution in [2.24, 2.45) is 0 Å². The van der Waals surface area contributed by atoms with Crippen LogP contribution in [0.1, 0.15) is 42.1 Å². The standard InChI is InChI=1S/C34H36O8/c1-6-7-8-9-25-10-15-28(16-11-25)41-34(37)30-20-27(14-19-31(30)42-33(36)24(3)22-39-5)26-12-17-29(18-13-26)40-32(35)23(2)21-38-4/h10-20H,2-3,6-9,21-22H2,1,4-5H3. The molecule has 8 nitrogen and oxygen atoms in total. The third-order valence-electron chi connectivity index (χ3n) is 6.22. The monoisotopic (exact) mass is 572 g/mol. The SMILES string of the molecule is C=C(COC)C(=O)Oc1ccc(-c2ccc(OC(=O)C(=C)COC)c(C(=O)Oc3ccc(CCCCC)cc3)c2)cc1. The number of hydrogen-bond donors (Lipinski definition) is 0. The molecule has 0 unspecified atom stereocenters. The number of carbonyl (C=O) groups is 3. The van der Waals surface area contributed by atoms with Crippen LogP contribution in [0, 0.1) is 0 Å². The predicted octanol–water partition coefficient (Wildman–Crippen LogP) is 6.52. The van der Waals surface area contributed by atoms with E-state index in [2.05, 4.69) is 20.1 Å². The second kappa shape index (κ2) is 16.0. The lowest BCUT2D eigenvalue weighted by atomic mass is 10.0. The van der Waals surface area contributed by atoms with Gasteiger partial charge in [-0.2, -0.15) is 0 Å². The van der Waals surface area contributed by atoms with Gasteiger partial charge in [0.25, 0.3) is 0 Å². The van der Waals surface area contributed by atoms with Gasteiger partial charge in [-0.15, -0.1) is 0 Å². The Morgan fingerprint density at radius 2 is 1.21 bits per heavy atom. The number of aryl methyl sites for hydroxylation is 1. The van der Waals surface area contributed by atoms with E-state index in [0.717, 1.165) is 36.8 Å². The number of ether oxygens (including phenoxy) is 5. The molecule has 0 aliphatic rings. The summed E-state index contributed by atoms with van der Waals surface area (Å²) in [7, 11) is 2.90. The molecule has 0 amide bonds. The molecule has 0 aliphatic carbocycles. The third-order valence-corrected chi connectivity index (χ3v) is 6.22. The van der Waals surface area contributed by atoms with Gasteiger partial charge in [0.1, 0.15) is 22.8 Å². The van der Waals surface area contributed by atoms with Gasteiger partial charge in [0.2, 0.25) is 0 Å². The first-order chi connectivity index (χ1) is 20.2. The minimum absolute atomic E-state index is 0.0168. The van der Waals surface area contributed by atoms with Gasteiger partial charge in [0, 0.05) is 14.2 Å². The Labute approximate surface area is 246 Å². The summed E-state index contributed by atoms with van der Waals surface area (Å²) in [6.07, 6.45) is 4.35. The molecule has 0 aliphatic heterocycles. The number of methoxy groups -OCH3 is 2. The quantitative estimate of drug-likeness (QED) is 0.0879. The van der Waals surface area contributed by atoms with E-state index in [0.29, 0.717) is 17.1 Å². The minimum atomic E-state index is -0.726. The van der Waals surface area contributed by atoms with E-state index in [1.807, 2.05) is 12.1 Å². The maximum atomic E-state index is 13.3. The maximum Gasteiger partial charge on any atom is 0.347 e. The van der Waals surface area contributed by atoms with Crippen molar-refractivity contribution in [1.29, 1.82) is 0 Å². The average molecular weight is 573 g/mol. The summed E-state index contributed by atoms with van der Waals surface area (Å²) in [4.78, 5) is 38.0. The molecule has 0 spiro atoms. The van der Waals surface area contributed by atoms with Crippen molar-refractivity contribution in [2.75, 3.05) is 27.4 Å². The van der Waals surface area contributed by atoms with Gasteiger partial charge < -0.3 is 23.7 Å². The first-order valence-electron chi connectivity index (χ1n) is 13.6. The van der Waals surface area contributed by atoms with E-state index in [4.69, 9.17) is 23.7 Å². The molecule has 0 bridgehead atoms. The van der Waals surface area contributed by atoms with Gasteiger partial charge in [-0.25, -0.2) is 14.4 Å². The van der Waals surface area contributed by atoms with Crippen molar-refractivity contribution in [3.63, 3.8) is 0 Å². The highest BCUT2D eigenvalue weighted by Gasteiger charge is 2.20. The van der Waals surface area contributed by atoms with Crippen LogP contribution >= 0.6 is 0 Å². The zero-order valence-corrected chi connectivity index (χ0v) is 24.3. The summed E-state index contributed by atoms with van der Waals surface area (Å²) < 4.78 is 26.3. The largest absolute Gasteiger partial charge is 0.423 e. The van der Waals surface area contributed by atoms with Gasteiger partial charge in [-0.05, 0) is 65.9 Å². The fraction of sp³-hybridized carbons (Fsp3) is 0.265. The van der Waals surface area contributed by atoms with E-state index in [1.165, 1.54) is 20.3 Å². The lowest BCUT2D eigenvalue weighted by Crippen LogP contribution is -2.17. The molecule has 8 heteroatoms. The number of benzene rings is 3. The lowest BCUT2D eigenvalue weighted by Gasteiger charge is -2.13. The molecule has 3 rings (SSSR count). The van der Waals surface area contributed by atoms with E-state index in [-0.39, 0.29) is 35.7 Å². The Kier molecular flexibility index (Phi) is 12.2. The van der Waals surface area contributed by atoms with Crippen molar-refractivity contribution in [3.05, 3.63) is 102 Å². The highest BCUT2D eigenvalue weighted by molar-refractivity contribution is 5.98. The number of unbranched alkanes of at least 4 members (excludes halogenated alkanes) is 2. The van der Waals surface area contributed by atoms with Gasteiger partial charge in [0.05, 0.1) is 24.4 Å². The van der Waals surface area contributed by atoms with Crippen molar-refractivity contribution < 1.29 is 38.1 Å². The molecule has 3 aromatic rings. The second-order valence-electron chi connectivity index (χ2n) is 9.58. The van der Waals surface area contributed by atoms with E-state index in [9.17, 15) is 14.4 Å². The molecule has 0 atom stereocenters. The number of rotatable bonds is 15. The number of esters is 3. The van der Waals surface area contributed by atoms with Crippen LogP contribution < -0.4 is 14.2 Å². The van der Waals surface area contributed by atoms with Crippen LogP contribution in [0.5, 0.6) is 17.2 Å². The Morgan fingerprint density at radius 1 is 0.667 bits per heavy atom. The maximum absolute atomic E-state index is 13.3. The highest BCUT2D eigenvalue weighted by Crippen LogP contribution is 2.30. The summed E-state index contributed by atoms with van der Waals surface area (Å²) in [6.45, 7) is 9.51. The Bertz CT molecular complexity index is 1400. The Hall–Kier alpha value is -4.53. The van der Waals surface area contributed by atoms with Gasteiger partial charge >= 0.3 is 17.9 Å². The minimum Gasteiger partial charge on any atom is -0.423 e. The Balaban J connectivity index is 1.85. The molecular formula is C34H36O8. The van der Waals surface area contributed by atoms with Gasteiger partial charge in [-0.1, -0.05) is 63.3 Å². The molecular weight excluding hydrogens is 536 g/mol. The second-order valence-corrected chi connectivity index (χ2v) is 9.58. The topological polar surface area (TPSA) is 97.4 Å². The average Bonchev–Trinajstić information content (AvgIpc) is 2.99. The molecule has 3 aromatic carbocycles. The summed E-state index contributed by atoms with van der Waals surface area (Å²) in [5, 5.41) is 0. The molecule has 0 radical (unpaired) electrons. The number of hydrogen-bond acceptors (Lipinski definition) is 8. The smallest absolute Gasteiger partial charge is 0.347 e. The van der Waals surface area contributed by atoms with Crippen LogP contribution in [0.4, 0.5) is 0 Å². The fourth-order valence-electron chi connectivity index (χ4n) is 3.96. The highest BCUT2D eigenvalue weighted by atomic mass is 16.6. The van der Waals surface area contributed by atoms with E-state index < -0.39 is 17.9 Å². The van der Waals surface area contributed by atoms with E-state index >= 15 is 0 Å². The van der Waals surface area contributed by atoms with Crippen LogP contribution in [0.15, 0.2) is 91.0 Å². The van der Waals surface area contributed by atoms with Crippen LogP contribution in [0.3, 0.4) is 0 Å². The summed E-state index contributed by atoms with van der Waals surface area (Å²) >= 11 is 0. The van der Waals surface area contributed by atoms with Crippen LogP contribution in [-0.4, -0.2) is 45.3 Å². The van der Waals surface area contributed by atoms with Crippen LogP contribution in [0.2, 0.25) is 0 Å². The molecule has 0 aromatic heterocycles. The predicted molar refractivity (Wildman–Crippen MR) is 160 cm³/mol. The van der Waals surface area contributed by atoms with E-state index in [1.54, 1.807) is 48.5 Å². The molecule has 0 saturated heterocycles. The van der Waals surface area contributed by atoms with Crippen molar-refractivity contribution in [1.82, 2.24) is 0 Å². The molecule has 0 fully saturated rings. The Morgan fingerprint density at radius 3 is 1.81 bits per heavy atom. The van der Waals surface area contributed by atoms with Crippen molar-refractivity contribution in [3.8, 4) is 28.4 Å². The molecule has 0 saturated carbocycles. The fourth-order valence-corrected chi connectivity index (χ4v) is 3.96. The summed E-state index contributed by atoms with van der Waals surface area (Å²) in [5.74, 6) is -1.31. The zero-order chi connectivity index (χ0) is 30.5. The van der Waals surface area contributed by atoms with Gasteiger partial charge in [0.15, 0.2) is 0 Å². The third kappa shape index (κ3) is 9.26. The van der Waals surface area contributed by atoms with Crippen LogP contribution in [-0.2, 0) is 25.5 Å². The number of carbonyl (C=O) groups excluding carboxylic acids is 3. The van der Waals surface area contributed by atoms with Crippen LogP contribution in [0.25, 0.3) is 11.1 Å². The first kappa shape index (κ1) is 32.0. The normalized spacial score (nSPS) is 10.5. The molecule has 42 heavy (non-hydrogen) atoms. The molecule has 0 heterocycles. The summed E-state index contributed by atoms with van der Waals surface area (Å²) in [5.41, 5.74) is 2.85. The van der Waals surface area contributed by atoms with Crippen molar-refractivity contribution in [2.45, 2.75) is 32.6 Å². The first-order valence-corrected chi connectivity index (χ1v) is 13.6. The zero-order valence-electron chi connectivity index (χ0n) is 24.3. The van der Waals surface area contributed by atoms with Crippen molar-refractivity contribution >= 4 is 17.9 Å². The lowest BCUT2D eigenvalue weighted by molar-refractivity contribution is -0.131. The van der Waals surface area contributed by atoms with Gasteiger partial charge in [-0.3, -0.25) is 0 Å². The molecule has 220 valence electrons.